The molecule has 1 heteroatoms. The third-order valence-electron chi connectivity index (χ3n) is 3.98. The fourth-order valence-corrected chi connectivity index (χ4v) is 3.22. The fourth-order valence-electron chi connectivity index (χ4n) is 3.22. The molecule has 1 saturated heterocycles. The van der Waals surface area contributed by atoms with E-state index < -0.39 is 0 Å². The molecule has 0 aromatic carbocycles. The summed E-state index contributed by atoms with van der Waals surface area (Å²) in [7, 11) is 0. The van der Waals surface area contributed by atoms with E-state index in [0.29, 0.717) is 5.41 Å². The molecule has 0 amide bonds. The largest absolute Gasteiger partial charge is 0.288 e. The Balaban J connectivity index is 2.32. The van der Waals surface area contributed by atoms with Crippen molar-refractivity contribution in [2.75, 3.05) is 6.54 Å². The minimum Gasteiger partial charge on any atom is -0.288 e. The van der Waals surface area contributed by atoms with Gasteiger partial charge in [0.25, 0.3) is 0 Å². The van der Waals surface area contributed by atoms with Crippen LogP contribution >= 0.6 is 0 Å². The van der Waals surface area contributed by atoms with Gasteiger partial charge in [-0.05, 0) is 44.2 Å². The Kier molecular flexibility index (Phi) is 2.50. The Labute approximate surface area is 94.5 Å². The molecule has 0 unspecified atom stereocenters. The van der Waals surface area contributed by atoms with Crippen molar-refractivity contribution in [3.05, 3.63) is 11.6 Å². The Morgan fingerprint density at radius 3 is 2.53 bits per heavy atom. The zero-order valence-corrected chi connectivity index (χ0v) is 10.9. The van der Waals surface area contributed by atoms with E-state index in [1.165, 1.54) is 25.8 Å². The highest BCUT2D eigenvalue weighted by atomic mass is 15.2. The van der Waals surface area contributed by atoms with Crippen LogP contribution < -0.4 is 0 Å². The number of rotatable bonds is 0. The molecule has 2 rings (SSSR count). The van der Waals surface area contributed by atoms with E-state index >= 15 is 0 Å². The van der Waals surface area contributed by atoms with Gasteiger partial charge in [-0.15, -0.1) is 0 Å². The monoisotopic (exact) mass is 207 g/mol. The molecule has 0 bridgehead atoms. The SMILES string of the molecule is CC(C)(C)C1=CC(C)(C)N2CCCC[C@@H]12. The second kappa shape index (κ2) is 3.35. The second-order valence-electron chi connectivity index (χ2n) is 6.71. The quantitative estimate of drug-likeness (QED) is 0.549. The van der Waals surface area contributed by atoms with Gasteiger partial charge in [0, 0.05) is 11.6 Å². The van der Waals surface area contributed by atoms with Crippen LogP contribution in [0, 0.1) is 5.41 Å². The number of hydrogen-bond donors (Lipinski definition) is 0. The molecule has 0 aliphatic carbocycles. The predicted molar refractivity (Wildman–Crippen MR) is 66.0 cm³/mol. The van der Waals surface area contributed by atoms with Gasteiger partial charge in [0.2, 0.25) is 0 Å². The maximum atomic E-state index is 2.71. The normalized spacial score (nSPS) is 31.3. The number of piperidine rings is 1. The summed E-state index contributed by atoms with van der Waals surface area (Å²) in [5.74, 6) is 0. The highest BCUT2D eigenvalue weighted by Crippen LogP contribution is 2.44. The third-order valence-corrected chi connectivity index (χ3v) is 3.98. The van der Waals surface area contributed by atoms with Crippen molar-refractivity contribution >= 4 is 0 Å². The van der Waals surface area contributed by atoms with Crippen molar-refractivity contribution in [2.24, 2.45) is 5.41 Å². The lowest BCUT2D eigenvalue weighted by Crippen LogP contribution is -2.47. The van der Waals surface area contributed by atoms with E-state index in [2.05, 4.69) is 45.6 Å². The van der Waals surface area contributed by atoms with Gasteiger partial charge in [-0.2, -0.15) is 0 Å². The Hall–Kier alpha value is -0.300. The minimum absolute atomic E-state index is 0.285. The molecule has 0 saturated carbocycles. The van der Waals surface area contributed by atoms with Gasteiger partial charge in [0.1, 0.15) is 0 Å². The maximum absolute atomic E-state index is 2.71. The molecule has 86 valence electrons. The van der Waals surface area contributed by atoms with Crippen molar-refractivity contribution in [1.29, 1.82) is 0 Å². The Morgan fingerprint density at radius 2 is 1.93 bits per heavy atom. The van der Waals surface area contributed by atoms with Crippen molar-refractivity contribution in [3.63, 3.8) is 0 Å². The summed E-state index contributed by atoms with van der Waals surface area (Å²) in [5.41, 5.74) is 2.30. The van der Waals surface area contributed by atoms with E-state index in [0.717, 1.165) is 6.04 Å². The number of hydrogen-bond acceptors (Lipinski definition) is 1. The van der Waals surface area contributed by atoms with Gasteiger partial charge < -0.3 is 0 Å². The van der Waals surface area contributed by atoms with Gasteiger partial charge in [0.05, 0.1) is 0 Å². The molecule has 15 heavy (non-hydrogen) atoms. The van der Waals surface area contributed by atoms with Crippen LogP contribution in [0.5, 0.6) is 0 Å². The number of nitrogens with zero attached hydrogens (tertiary/aromatic N) is 1. The van der Waals surface area contributed by atoms with Gasteiger partial charge in [0.15, 0.2) is 0 Å². The van der Waals surface area contributed by atoms with Crippen molar-refractivity contribution in [3.8, 4) is 0 Å². The molecule has 2 aliphatic heterocycles. The molecule has 1 fully saturated rings. The van der Waals surface area contributed by atoms with Crippen LogP contribution in [0.3, 0.4) is 0 Å². The van der Waals surface area contributed by atoms with Crippen molar-refractivity contribution in [1.82, 2.24) is 4.90 Å². The van der Waals surface area contributed by atoms with Crippen LogP contribution in [0.25, 0.3) is 0 Å². The summed E-state index contributed by atoms with van der Waals surface area (Å²) in [6.07, 6.45) is 6.69. The summed E-state index contributed by atoms with van der Waals surface area (Å²) < 4.78 is 0. The zero-order chi connectivity index (χ0) is 11.3. The molecule has 0 radical (unpaired) electrons. The summed E-state index contributed by atoms with van der Waals surface area (Å²) in [6, 6.07) is 0.730. The standard InChI is InChI=1S/C14H25N/c1-13(2,3)11-10-14(4,5)15-9-7-6-8-12(11)15/h10,12H,6-9H2,1-5H3/t12-/m0/s1. The lowest BCUT2D eigenvalue weighted by molar-refractivity contribution is 0.104. The maximum Gasteiger partial charge on any atom is 0.0344 e. The van der Waals surface area contributed by atoms with E-state index in [-0.39, 0.29) is 5.54 Å². The van der Waals surface area contributed by atoms with E-state index in [1.807, 2.05) is 0 Å². The molecule has 0 spiro atoms. The molecule has 0 N–H and O–H groups in total. The van der Waals surface area contributed by atoms with Crippen LogP contribution in [-0.2, 0) is 0 Å². The molecule has 0 aromatic rings. The highest BCUT2D eigenvalue weighted by molar-refractivity contribution is 5.31. The van der Waals surface area contributed by atoms with Crippen molar-refractivity contribution < 1.29 is 0 Å². The fraction of sp³-hybridized carbons (Fsp3) is 0.857. The predicted octanol–water partition coefficient (Wildman–Crippen LogP) is 3.61. The van der Waals surface area contributed by atoms with Crippen LogP contribution in [0.2, 0.25) is 0 Å². The first-order valence-electron chi connectivity index (χ1n) is 6.32. The van der Waals surface area contributed by atoms with Crippen LogP contribution in [0.4, 0.5) is 0 Å². The first-order chi connectivity index (χ1) is 6.82. The first kappa shape index (κ1) is 11.2. The summed E-state index contributed by atoms with van der Waals surface area (Å²) in [6.45, 7) is 13.1. The molecular formula is C14H25N. The molecule has 1 nitrogen and oxygen atoms in total. The smallest absolute Gasteiger partial charge is 0.0344 e. The molecular weight excluding hydrogens is 182 g/mol. The first-order valence-corrected chi connectivity index (χ1v) is 6.32. The molecule has 2 heterocycles. The molecule has 2 aliphatic rings. The zero-order valence-electron chi connectivity index (χ0n) is 10.9. The lowest BCUT2D eigenvalue weighted by Gasteiger charge is -2.41. The van der Waals surface area contributed by atoms with Gasteiger partial charge in [-0.25, -0.2) is 0 Å². The summed E-state index contributed by atoms with van der Waals surface area (Å²) in [4.78, 5) is 2.71. The third kappa shape index (κ3) is 1.87. The minimum atomic E-state index is 0.285. The second-order valence-corrected chi connectivity index (χ2v) is 6.71. The lowest BCUT2D eigenvalue weighted by atomic mass is 9.80. The van der Waals surface area contributed by atoms with Crippen LogP contribution in [-0.4, -0.2) is 23.0 Å². The average Bonchev–Trinajstić information content (AvgIpc) is 2.39. The highest BCUT2D eigenvalue weighted by Gasteiger charge is 2.43. The molecule has 0 aromatic heterocycles. The Morgan fingerprint density at radius 1 is 1.27 bits per heavy atom. The van der Waals surface area contributed by atoms with Gasteiger partial charge in [-0.3, -0.25) is 4.90 Å². The van der Waals surface area contributed by atoms with Gasteiger partial charge >= 0.3 is 0 Å². The topological polar surface area (TPSA) is 3.24 Å². The molecule has 1 atom stereocenters. The number of fused-ring (bicyclic) bond motifs is 1. The average molecular weight is 207 g/mol. The Bertz CT molecular complexity index is 280. The van der Waals surface area contributed by atoms with E-state index in [1.54, 1.807) is 5.57 Å². The van der Waals surface area contributed by atoms with Crippen molar-refractivity contribution in [2.45, 2.75) is 65.5 Å². The van der Waals surface area contributed by atoms with Crippen LogP contribution in [0.1, 0.15) is 53.9 Å². The van der Waals surface area contributed by atoms with Gasteiger partial charge in [-0.1, -0.05) is 33.3 Å². The summed E-state index contributed by atoms with van der Waals surface area (Å²) in [5, 5.41) is 0. The van der Waals surface area contributed by atoms with E-state index in [9.17, 15) is 0 Å². The summed E-state index contributed by atoms with van der Waals surface area (Å²) >= 11 is 0. The van der Waals surface area contributed by atoms with E-state index in [4.69, 9.17) is 0 Å². The van der Waals surface area contributed by atoms with Crippen LogP contribution in [0.15, 0.2) is 11.6 Å².